The van der Waals surface area contributed by atoms with Crippen LogP contribution in [0.2, 0.25) is 0 Å². The van der Waals surface area contributed by atoms with Crippen molar-refractivity contribution in [2.24, 2.45) is 0 Å². The van der Waals surface area contributed by atoms with Gasteiger partial charge in [0.2, 0.25) is 0 Å². The van der Waals surface area contributed by atoms with E-state index in [1.807, 2.05) is 24.5 Å². The van der Waals surface area contributed by atoms with Gasteiger partial charge in [-0.05, 0) is 25.0 Å². The minimum absolute atomic E-state index is 0.574. The first kappa shape index (κ1) is 9.58. The number of pyridine rings is 1. The van der Waals surface area contributed by atoms with Crippen molar-refractivity contribution in [3.05, 3.63) is 35.9 Å². The topological polar surface area (TPSA) is 34.4 Å². The van der Waals surface area contributed by atoms with E-state index in [4.69, 9.17) is 0 Å². The number of aromatic nitrogens is 2. The molecule has 0 aromatic carbocycles. The molecule has 0 saturated heterocycles. The fourth-order valence-corrected chi connectivity index (χ4v) is 2.58. The van der Waals surface area contributed by atoms with Crippen LogP contribution in [-0.2, 0) is 0 Å². The van der Waals surface area contributed by atoms with Crippen LogP contribution in [0, 0.1) is 0 Å². The monoisotopic (exact) mass is 214 g/mol. The molecule has 0 aliphatic heterocycles. The molecule has 0 unspecified atom stereocenters. The predicted octanol–water partition coefficient (Wildman–Crippen LogP) is 2.80. The lowest BCUT2D eigenvalue weighted by atomic mass is 10.1. The van der Waals surface area contributed by atoms with E-state index in [1.165, 1.54) is 25.7 Å². The molecule has 16 heavy (non-hydrogen) atoms. The Morgan fingerprint density at radius 1 is 1.31 bits per heavy atom. The normalized spacial score (nSPS) is 17.0. The number of carbonyl (C=O) groups excluding carboxylic acids is 1. The van der Waals surface area contributed by atoms with Crippen LogP contribution in [0.1, 0.15) is 47.8 Å². The van der Waals surface area contributed by atoms with E-state index in [0.29, 0.717) is 11.5 Å². The summed E-state index contributed by atoms with van der Waals surface area (Å²) >= 11 is 0. The van der Waals surface area contributed by atoms with Crippen LogP contribution in [0.5, 0.6) is 0 Å². The Hall–Kier alpha value is -1.64. The smallest absolute Gasteiger partial charge is 0.151 e. The van der Waals surface area contributed by atoms with Crippen molar-refractivity contribution in [1.82, 2.24) is 9.38 Å². The SMILES string of the molecule is O=Cc1ccc2cnc(C3CCCC3)n2c1. The van der Waals surface area contributed by atoms with E-state index >= 15 is 0 Å². The van der Waals surface area contributed by atoms with Gasteiger partial charge in [0.05, 0.1) is 11.7 Å². The molecule has 82 valence electrons. The number of imidazole rings is 1. The van der Waals surface area contributed by atoms with Crippen LogP contribution in [0.15, 0.2) is 24.5 Å². The van der Waals surface area contributed by atoms with Crippen LogP contribution >= 0.6 is 0 Å². The average molecular weight is 214 g/mol. The maximum atomic E-state index is 10.8. The van der Waals surface area contributed by atoms with E-state index < -0.39 is 0 Å². The van der Waals surface area contributed by atoms with Crippen LogP contribution in [0.3, 0.4) is 0 Å². The van der Waals surface area contributed by atoms with Gasteiger partial charge in [0, 0.05) is 17.7 Å². The number of hydrogen-bond acceptors (Lipinski definition) is 2. The van der Waals surface area contributed by atoms with Gasteiger partial charge in [-0.1, -0.05) is 12.8 Å². The van der Waals surface area contributed by atoms with Gasteiger partial charge in [-0.25, -0.2) is 4.98 Å². The highest BCUT2D eigenvalue weighted by Gasteiger charge is 2.21. The third-order valence-electron chi connectivity index (χ3n) is 3.44. The van der Waals surface area contributed by atoms with Crippen molar-refractivity contribution in [2.45, 2.75) is 31.6 Å². The van der Waals surface area contributed by atoms with Gasteiger partial charge in [0.1, 0.15) is 5.82 Å². The fraction of sp³-hybridized carbons (Fsp3) is 0.385. The third kappa shape index (κ3) is 1.43. The highest BCUT2D eigenvalue weighted by molar-refractivity contribution is 5.75. The molecule has 0 spiro atoms. The average Bonchev–Trinajstić information content (AvgIpc) is 2.96. The minimum Gasteiger partial charge on any atom is -0.303 e. The number of hydrogen-bond donors (Lipinski definition) is 0. The predicted molar refractivity (Wildman–Crippen MR) is 61.8 cm³/mol. The highest BCUT2D eigenvalue weighted by atomic mass is 16.1. The largest absolute Gasteiger partial charge is 0.303 e. The first-order valence-corrected chi connectivity index (χ1v) is 5.80. The van der Waals surface area contributed by atoms with Gasteiger partial charge >= 0.3 is 0 Å². The van der Waals surface area contributed by atoms with Crippen molar-refractivity contribution in [3.63, 3.8) is 0 Å². The lowest BCUT2D eigenvalue weighted by molar-refractivity contribution is 0.112. The highest BCUT2D eigenvalue weighted by Crippen LogP contribution is 2.33. The number of fused-ring (bicyclic) bond motifs is 1. The summed E-state index contributed by atoms with van der Waals surface area (Å²) in [6.45, 7) is 0. The molecule has 1 aliphatic rings. The molecule has 2 aromatic heterocycles. The Bertz CT molecular complexity index is 524. The van der Waals surface area contributed by atoms with Gasteiger partial charge in [0.25, 0.3) is 0 Å². The van der Waals surface area contributed by atoms with Gasteiger partial charge in [-0.3, -0.25) is 4.79 Å². The molecule has 0 atom stereocenters. The summed E-state index contributed by atoms with van der Waals surface area (Å²) in [5, 5.41) is 0. The molecule has 0 N–H and O–H groups in total. The molecular weight excluding hydrogens is 200 g/mol. The summed E-state index contributed by atoms with van der Waals surface area (Å²) in [5.41, 5.74) is 1.79. The molecular formula is C13H14N2O. The minimum atomic E-state index is 0.574. The zero-order chi connectivity index (χ0) is 11.0. The standard InChI is InChI=1S/C13H14N2O/c16-9-10-5-6-12-7-14-13(15(12)8-10)11-3-1-2-4-11/h5-9,11H,1-4H2. The number of rotatable bonds is 2. The van der Waals surface area contributed by atoms with Crippen molar-refractivity contribution in [1.29, 1.82) is 0 Å². The number of aldehydes is 1. The number of carbonyl (C=O) groups is 1. The van der Waals surface area contributed by atoms with Crippen molar-refractivity contribution in [2.75, 3.05) is 0 Å². The molecule has 3 heteroatoms. The first-order valence-electron chi connectivity index (χ1n) is 5.80. The lowest BCUT2D eigenvalue weighted by Crippen LogP contribution is -2.00. The summed E-state index contributed by atoms with van der Waals surface area (Å²) in [4.78, 5) is 15.3. The maximum absolute atomic E-state index is 10.8. The van der Waals surface area contributed by atoms with Crippen LogP contribution in [0.25, 0.3) is 5.52 Å². The molecule has 1 fully saturated rings. The second kappa shape index (κ2) is 3.74. The molecule has 2 heterocycles. The van der Waals surface area contributed by atoms with Gasteiger partial charge in [-0.2, -0.15) is 0 Å². The third-order valence-corrected chi connectivity index (χ3v) is 3.44. The Morgan fingerprint density at radius 3 is 2.88 bits per heavy atom. The van der Waals surface area contributed by atoms with E-state index in [-0.39, 0.29) is 0 Å². The summed E-state index contributed by atoms with van der Waals surface area (Å²) in [6, 6.07) is 3.79. The molecule has 0 radical (unpaired) electrons. The van der Waals surface area contributed by atoms with Crippen molar-refractivity contribution in [3.8, 4) is 0 Å². The zero-order valence-corrected chi connectivity index (χ0v) is 9.10. The van der Waals surface area contributed by atoms with Crippen LogP contribution < -0.4 is 0 Å². The van der Waals surface area contributed by atoms with E-state index in [9.17, 15) is 4.79 Å². The summed E-state index contributed by atoms with van der Waals surface area (Å²) in [5.74, 6) is 1.70. The zero-order valence-electron chi connectivity index (χ0n) is 9.10. The Morgan fingerprint density at radius 2 is 2.12 bits per heavy atom. The summed E-state index contributed by atoms with van der Waals surface area (Å²) in [7, 11) is 0. The molecule has 3 nitrogen and oxygen atoms in total. The molecule has 1 saturated carbocycles. The maximum Gasteiger partial charge on any atom is 0.151 e. The first-order chi connectivity index (χ1) is 7.88. The van der Waals surface area contributed by atoms with Crippen molar-refractivity contribution >= 4 is 11.8 Å². The Kier molecular flexibility index (Phi) is 2.24. The lowest BCUT2D eigenvalue weighted by Gasteiger charge is -2.08. The van der Waals surface area contributed by atoms with E-state index in [1.54, 1.807) is 0 Å². The fourth-order valence-electron chi connectivity index (χ4n) is 2.58. The molecule has 0 bridgehead atoms. The van der Waals surface area contributed by atoms with Gasteiger partial charge < -0.3 is 4.40 Å². The second-order valence-corrected chi connectivity index (χ2v) is 4.47. The Labute approximate surface area is 94.1 Å². The molecule has 2 aromatic rings. The molecule has 1 aliphatic carbocycles. The quantitative estimate of drug-likeness (QED) is 0.720. The van der Waals surface area contributed by atoms with E-state index in [0.717, 1.165) is 17.6 Å². The molecule has 3 rings (SSSR count). The summed E-state index contributed by atoms with van der Waals surface area (Å²) in [6.07, 6.45) is 9.72. The number of nitrogens with zero attached hydrogens (tertiary/aromatic N) is 2. The Balaban J connectivity index is 2.13. The van der Waals surface area contributed by atoms with Crippen LogP contribution in [-0.4, -0.2) is 15.7 Å². The van der Waals surface area contributed by atoms with Gasteiger partial charge in [-0.15, -0.1) is 0 Å². The second-order valence-electron chi connectivity index (χ2n) is 4.47. The van der Waals surface area contributed by atoms with Crippen LogP contribution in [0.4, 0.5) is 0 Å². The summed E-state index contributed by atoms with van der Waals surface area (Å²) < 4.78 is 2.07. The van der Waals surface area contributed by atoms with E-state index in [2.05, 4.69) is 9.38 Å². The molecule has 0 amide bonds. The van der Waals surface area contributed by atoms with Gasteiger partial charge in [0.15, 0.2) is 6.29 Å². The van der Waals surface area contributed by atoms with Crippen molar-refractivity contribution < 1.29 is 4.79 Å².